The van der Waals surface area contributed by atoms with Crippen LogP contribution in [0.2, 0.25) is 5.02 Å². The van der Waals surface area contributed by atoms with Crippen LogP contribution >= 0.6 is 11.6 Å². The van der Waals surface area contributed by atoms with Crippen molar-refractivity contribution in [1.82, 2.24) is 19.8 Å². The van der Waals surface area contributed by atoms with E-state index in [2.05, 4.69) is 50.3 Å². The molecule has 2 fully saturated rings. The van der Waals surface area contributed by atoms with Crippen molar-refractivity contribution < 1.29 is 13.9 Å². The van der Waals surface area contributed by atoms with Crippen molar-refractivity contribution in [3.8, 4) is 12.3 Å². The Balaban J connectivity index is 0.000000461. The fourth-order valence-corrected chi connectivity index (χ4v) is 4.75. The molecule has 1 unspecified atom stereocenters. The van der Waals surface area contributed by atoms with Crippen LogP contribution in [0.1, 0.15) is 18.9 Å². The molecule has 0 bridgehead atoms. The summed E-state index contributed by atoms with van der Waals surface area (Å²) < 4.78 is 19.7. The quantitative estimate of drug-likeness (QED) is 0.324. The summed E-state index contributed by atoms with van der Waals surface area (Å²) >= 11 is 5.88. The number of benzene rings is 2. The highest BCUT2D eigenvalue weighted by Crippen LogP contribution is 2.30. The van der Waals surface area contributed by atoms with Gasteiger partial charge >= 0.3 is 0 Å². The highest BCUT2D eigenvalue weighted by atomic mass is 35.5. The maximum Gasteiger partial charge on any atom is 0.248 e. The zero-order chi connectivity index (χ0) is 28.5. The van der Waals surface area contributed by atoms with Gasteiger partial charge in [-0.3, -0.25) is 9.69 Å². The predicted octanol–water partition coefficient (Wildman–Crippen LogP) is 4.93. The molecule has 0 spiro atoms. The number of ether oxygens (including phenoxy) is 1. The third kappa shape index (κ3) is 7.99. The lowest BCUT2D eigenvalue weighted by molar-refractivity contribution is -0.111. The van der Waals surface area contributed by atoms with Gasteiger partial charge in [0.15, 0.2) is 5.82 Å². The van der Waals surface area contributed by atoms with Crippen molar-refractivity contribution in [2.24, 2.45) is 5.92 Å². The van der Waals surface area contributed by atoms with Crippen molar-refractivity contribution in [2.75, 3.05) is 63.6 Å². The summed E-state index contributed by atoms with van der Waals surface area (Å²) in [7, 11) is 2.18. The largest absolute Gasteiger partial charge is 0.379 e. The fourth-order valence-electron chi connectivity index (χ4n) is 4.58. The summed E-state index contributed by atoms with van der Waals surface area (Å²) in [5.41, 5.74) is 1.61. The summed E-state index contributed by atoms with van der Waals surface area (Å²) in [6.45, 7) is 8.64. The molecule has 2 aliphatic heterocycles. The average Bonchev–Trinajstić information content (AvgIpc) is 3.34. The van der Waals surface area contributed by atoms with Crippen LogP contribution in [0, 0.1) is 24.1 Å². The lowest BCUT2D eigenvalue weighted by Crippen LogP contribution is -2.36. The van der Waals surface area contributed by atoms with Gasteiger partial charge in [0.05, 0.1) is 40.7 Å². The molecular weight excluding hydrogens is 531 g/mol. The number of anilines is 3. The summed E-state index contributed by atoms with van der Waals surface area (Å²) in [6.07, 6.45) is 11.7. The van der Waals surface area contributed by atoms with Crippen LogP contribution < -0.4 is 10.6 Å². The minimum Gasteiger partial charge on any atom is -0.379 e. The molecule has 8 nitrogen and oxygen atoms in total. The molecule has 0 radical (unpaired) electrons. The number of morpholine rings is 1. The van der Waals surface area contributed by atoms with Crippen LogP contribution in [-0.2, 0) is 9.53 Å². The van der Waals surface area contributed by atoms with Gasteiger partial charge in [-0.2, -0.15) is 0 Å². The molecule has 2 N–H and O–H groups in total. The van der Waals surface area contributed by atoms with E-state index < -0.39 is 5.82 Å². The number of nitrogens with zero attached hydrogens (tertiary/aromatic N) is 4. The first-order valence-electron chi connectivity index (χ1n) is 13.3. The Labute approximate surface area is 239 Å². The summed E-state index contributed by atoms with van der Waals surface area (Å²) in [6, 6.07) is 7.97. The predicted molar refractivity (Wildman–Crippen MR) is 158 cm³/mol. The number of nitrogens with one attached hydrogen (secondary N) is 2. The number of likely N-dealkylation sites (tertiary alicyclic amines) is 1. The van der Waals surface area contributed by atoms with Crippen molar-refractivity contribution in [3.63, 3.8) is 0 Å². The standard InChI is InChI=1S/C24H21ClFN5O2.C6H13N/c1-2-16-13-21-17(24(28-15-27-21)30-19-6-3-5-18(25)23(19)26)14-20(16)29-22(32)7-4-8-31-9-11-33-12-10-31;1-6-3-4-7(2)5-6/h1,3-7,13-15H,8-12H2,(H,29,32)(H,27,28,30);6H,3-5H2,1-2H3/b7-4+;. The lowest BCUT2D eigenvalue weighted by Gasteiger charge is -2.25. The summed E-state index contributed by atoms with van der Waals surface area (Å²) in [5, 5.41) is 6.30. The molecule has 2 aromatic carbocycles. The molecule has 210 valence electrons. The summed E-state index contributed by atoms with van der Waals surface area (Å²) in [4.78, 5) is 25.5. The molecule has 5 rings (SSSR count). The fraction of sp³-hybridized carbons (Fsp3) is 0.367. The third-order valence-corrected chi connectivity index (χ3v) is 7.05. The Bertz CT molecular complexity index is 1390. The number of halogens is 2. The minimum atomic E-state index is -0.592. The van der Waals surface area contributed by atoms with E-state index in [9.17, 15) is 9.18 Å². The van der Waals surface area contributed by atoms with E-state index in [1.807, 2.05) is 0 Å². The Morgan fingerprint density at radius 1 is 1.25 bits per heavy atom. The first kappa shape index (κ1) is 29.4. The van der Waals surface area contributed by atoms with Gasteiger partial charge in [-0.1, -0.05) is 36.6 Å². The molecular formula is C30H34ClFN6O2. The Morgan fingerprint density at radius 3 is 2.73 bits per heavy atom. The molecule has 2 aliphatic rings. The van der Waals surface area contributed by atoms with Gasteiger partial charge in [0, 0.05) is 37.6 Å². The zero-order valence-corrected chi connectivity index (χ0v) is 23.5. The van der Waals surface area contributed by atoms with Crippen molar-refractivity contribution in [2.45, 2.75) is 13.3 Å². The van der Waals surface area contributed by atoms with E-state index in [4.69, 9.17) is 22.8 Å². The number of fused-ring (bicyclic) bond motifs is 1. The molecule has 10 heteroatoms. The monoisotopic (exact) mass is 564 g/mol. The smallest absolute Gasteiger partial charge is 0.248 e. The number of carbonyl (C=O) groups is 1. The van der Waals surface area contributed by atoms with Crippen LogP contribution in [-0.4, -0.2) is 78.7 Å². The third-order valence-electron chi connectivity index (χ3n) is 6.76. The van der Waals surface area contributed by atoms with Gasteiger partial charge in [-0.25, -0.2) is 14.4 Å². The van der Waals surface area contributed by atoms with Crippen molar-refractivity contribution in [3.05, 3.63) is 65.2 Å². The number of rotatable bonds is 6. The molecule has 0 aliphatic carbocycles. The van der Waals surface area contributed by atoms with Gasteiger partial charge in [0.2, 0.25) is 5.91 Å². The van der Waals surface area contributed by atoms with E-state index in [-0.39, 0.29) is 16.6 Å². The van der Waals surface area contributed by atoms with Crippen LogP contribution in [0.4, 0.5) is 21.6 Å². The number of aromatic nitrogens is 2. The van der Waals surface area contributed by atoms with Gasteiger partial charge in [-0.15, -0.1) is 6.42 Å². The van der Waals surface area contributed by atoms with Crippen LogP contribution in [0.25, 0.3) is 10.9 Å². The topological polar surface area (TPSA) is 82.6 Å². The highest BCUT2D eigenvalue weighted by molar-refractivity contribution is 6.31. The van der Waals surface area contributed by atoms with Crippen LogP contribution in [0.15, 0.2) is 48.8 Å². The van der Waals surface area contributed by atoms with E-state index in [1.165, 1.54) is 38.0 Å². The van der Waals surface area contributed by atoms with Crippen LogP contribution in [0.3, 0.4) is 0 Å². The van der Waals surface area contributed by atoms with Gasteiger partial charge in [-0.05, 0) is 50.2 Å². The normalized spacial score (nSPS) is 17.8. The molecule has 1 aromatic heterocycles. The number of amides is 1. The second-order valence-corrected chi connectivity index (χ2v) is 10.4. The van der Waals surface area contributed by atoms with E-state index in [0.717, 1.165) is 19.0 Å². The Morgan fingerprint density at radius 2 is 2.05 bits per heavy atom. The second-order valence-electron chi connectivity index (χ2n) is 9.97. The molecule has 40 heavy (non-hydrogen) atoms. The van der Waals surface area contributed by atoms with Gasteiger partial charge in [0.25, 0.3) is 0 Å². The zero-order valence-electron chi connectivity index (χ0n) is 22.8. The highest BCUT2D eigenvalue weighted by Gasteiger charge is 2.14. The molecule has 1 atom stereocenters. The molecule has 3 heterocycles. The van der Waals surface area contributed by atoms with Crippen LogP contribution in [0.5, 0.6) is 0 Å². The molecule has 3 aromatic rings. The first-order valence-corrected chi connectivity index (χ1v) is 13.6. The summed E-state index contributed by atoms with van der Waals surface area (Å²) in [5.74, 6) is 2.96. The lowest BCUT2D eigenvalue weighted by atomic mass is 10.1. The van der Waals surface area contributed by atoms with E-state index in [1.54, 1.807) is 30.3 Å². The van der Waals surface area contributed by atoms with Crippen molar-refractivity contribution in [1.29, 1.82) is 0 Å². The Kier molecular flexibility index (Phi) is 10.4. The maximum absolute atomic E-state index is 14.4. The molecule has 2 saturated heterocycles. The second kappa shape index (κ2) is 14.2. The van der Waals surface area contributed by atoms with E-state index in [0.29, 0.717) is 47.7 Å². The van der Waals surface area contributed by atoms with Gasteiger partial charge < -0.3 is 20.3 Å². The minimum absolute atomic E-state index is 0.00945. The van der Waals surface area contributed by atoms with E-state index >= 15 is 0 Å². The first-order chi connectivity index (χ1) is 19.3. The Hall–Kier alpha value is -3.55. The molecule has 0 saturated carbocycles. The average molecular weight is 565 g/mol. The van der Waals surface area contributed by atoms with Gasteiger partial charge in [0.1, 0.15) is 12.1 Å². The maximum atomic E-state index is 14.4. The number of carbonyl (C=O) groups excluding carboxylic acids is 1. The molecule has 1 amide bonds. The number of hydrogen-bond acceptors (Lipinski definition) is 7. The van der Waals surface area contributed by atoms with Crippen molar-refractivity contribution >= 4 is 45.6 Å². The number of hydrogen-bond donors (Lipinski definition) is 2. The number of terminal acetylenes is 1. The SMILES string of the molecule is C#Cc1cc2ncnc(Nc3cccc(Cl)c3F)c2cc1NC(=O)/C=C/CN1CCOCC1.CC1CCN(C)C1.